The van der Waals surface area contributed by atoms with Crippen molar-refractivity contribution in [2.24, 2.45) is 0 Å². The summed E-state index contributed by atoms with van der Waals surface area (Å²) in [6, 6.07) is 0. The smallest absolute Gasteiger partial charge is 0.235 e. The maximum atomic E-state index is 5.29. The van der Waals surface area contributed by atoms with Crippen molar-refractivity contribution >= 4 is 105 Å². The van der Waals surface area contributed by atoms with Crippen LogP contribution in [0.4, 0.5) is 17.8 Å². The van der Waals surface area contributed by atoms with Crippen molar-refractivity contribution in [2.75, 3.05) is 34.3 Å². The molecule has 0 fully saturated rings. The van der Waals surface area contributed by atoms with Gasteiger partial charge in [0.2, 0.25) is 17.8 Å². The third kappa shape index (κ3) is 8.46. The van der Waals surface area contributed by atoms with E-state index >= 15 is 0 Å². The summed E-state index contributed by atoms with van der Waals surface area (Å²) in [5.41, 5.74) is 0. The minimum absolute atomic E-state index is 0.272. The first-order valence-electron chi connectivity index (χ1n) is 9.98. The van der Waals surface area contributed by atoms with Gasteiger partial charge in [0, 0.05) is 19.6 Å². The molecule has 0 saturated carbocycles. The Morgan fingerprint density at radius 3 is 1.00 bits per heavy atom. The summed E-state index contributed by atoms with van der Waals surface area (Å²) in [5.74, 6) is 1.09. The fraction of sp³-hybridized carbons (Fsp3) is 0.667. The Kier molecular flexibility index (Phi) is 13.1. The van der Waals surface area contributed by atoms with Gasteiger partial charge in [0.1, 0.15) is 0 Å². The van der Waals surface area contributed by atoms with Crippen molar-refractivity contribution in [3.8, 4) is 0 Å². The largest absolute Gasteiger partial charge is 0.411 e. The fourth-order valence-electron chi connectivity index (χ4n) is 2.47. The van der Waals surface area contributed by atoms with E-state index in [2.05, 4.69) is 35.7 Å². The van der Waals surface area contributed by atoms with Gasteiger partial charge < -0.3 is 89.2 Å². The van der Waals surface area contributed by atoms with Gasteiger partial charge in [0.05, 0.1) is 0 Å². The minimum atomic E-state index is 0.272. The second-order valence-corrected chi connectivity index (χ2v) is 9.64. The van der Waals surface area contributed by atoms with Crippen LogP contribution in [0.25, 0.3) is 0 Å². The van der Waals surface area contributed by atoms with Crippen molar-refractivity contribution in [1.82, 2.24) is 15.0 Å². The minimum Gasteiger partial charge on any atom is -0.411 e. The predicted molar refractivity (Wildman–Crippen MR) is 146 cm³/mol. The van der Waals surface area contributed by atoms with Crippen molar-refractivity contribution in [3.05, 3.63) is 0 Å². The van der Waals surface area contributed by atoms with Crippen LogP contribution in [0.3, 0.4) is 0 Å². The molecule has 0 radical (unpaired) electrons. The summed E-state index contributed by atoms with van der Waals surface area (Å²) >= 11 is 31.8. The van der Waals surface area contributed by atoms with E-state index in [0.717, 1.165) is 38.5 Å². The number of anilines is 3. The number of aromatic nitrogens is 3. The van der Waals surface area contributed by atoms with E-state index in [1.54, 1.807) is 14.7 Å². The zero-order chi connectivity index (χ0) is 22.7. The predicted octanol–water partition coefficient (Wildman–Crippen LogP) is 4.19. The van der Waals surface area contributed by atoms with Gasteiger partial charge in [-0.25, -0.2) is 0 Å². The molecular formula is C18H27N6S6-3. The van der Waals surface area contributed by atoms with Crippen molar-refractivity contribution in [1.29, 1.82) is 0 Å². The number of rotatable bonds is 12. The molecule has 0 aliphatic carbocycles. The molecule has 168 valence electrons. The summed E-state index contributed by atoms with van der Waals surface area (Å²) in [5, 5.41) is 0. The molecule has 0 amide bonds. The van der Waals surface area contributed by atoms with Gasteiger partial charge in [-0.1, -0.05) is 53.0 Å². The molecule has 12 heteroatoms. The van der Waals surface area contributed by atoms with Crippen LogP contribution in [0.1, 0.15) is 59.3 Å². The molecule has 6 nitrogen and oxygen atoms in total. The molecule has 0 aliphatic rings. The molecule has 1 rings (SSSR count). The lowest BCUT2D eigenvalue weighted by Crippen LogP contribution is -2.37. The monoisotopic (exact) mass is 519 g/mol. The fourth-order valence-corrected chi connectivity index (χ4v) is 3.51. The second-order valence-electron chi connectivity index (χ2n) is 6.55. The van der Waals surface area contributed by atoms with E-state index in [4.69, 9.17) is 74.5 Å². The van der Waals surface area contributed by atoms with Gasteiger partial charge in [0.25, 0.3) is 0 Å². The zero-order valence-electron chi connectivity index (χ0n) is 17.5. The van der Waals surface area contributed by atoms with E-state index < -0.39 is 0 Å². The van der Waals surface area contributed by atoms with Gasteiger partial charge in [-0.3, -0.25) is 0 Å². The quantitative estimate of drug-likeness (QED) is 0.294. The number of thiocarbonyl (C=S) groups is 3. The summed E-state index contributed by atoms with van der Waals surface area (Å²) in [4.78, 5) is 19.1. The number of hydrogen-bond donors (Lipinski definition) is 0. The van der Waals surface area contributed by atoms with Crippen LogP contribution in [-0.4, -0.2) is 47.5 Å². The number of hydrogen-bond acceptors (Lipinski definition) is 9. The van der Waals surface area contributed by atoms with Crippen molar-refractivity contribution < 1.29 is 0 Å². The van der Waals surface area contributed by atoms with Crippen LogP contribution in [0.15, 0.2) is 0 Å². The second kappa shape index (κ2) is 14.4. The lowest BCUT2D eigenvalue weighted by atomic mass is 10.3. The Hall–Kier alpha value is -0.660. The first-order valence-corrected chi connectivity index (χ1v) is 12.4. The first-order chi connectivity index (χ1) is 14.3. The average molecular weight is 520 g/mol. The molecule has 30 heavy (non-hydrogen) atoms. The first kappa shape index (κ1) is 27.4. The van der Waals surface area contributed by atoms with Crippen LogP contribution in [0.2, 0.25) is 0 Å². The van der Waals surface area contributed by atoms with Crippen molar-refractivity contribution in [3.63, 3.8) is 0 Å². The molecule has 0 atom stereocenters. The van der Waals surface area contributed by atoms with Crippen molar-refractivity contribution in [2.45, 2.75) is 59.3 Å². The Morgan fingerprint density at radius 2 is 0.833 bits per heavy atom. The lowest BCUT2D eigenvalue weighted by molar-refractivity contribution is 0.757. The Bertz CT molecular complexity index is 624. The van der Waals surface area contributed by atoms with E-state index in [0.29, 0.717) is 37.5 Å². The molecule has 1 heterocycles. The molecule has 0 aliphatic heterocycles. The highest BCUT2D eigenvalue weighted by Gasteiger charge is 2.19. The zero-order valence-corrected chi connectivity index (χ0v) is 22.4. The third-order valence-electron chi connectivity index (χ3n) is 4.19. The van der Waals surface area contributed by atoms with Crippen LogP contribution in [0, 0.1) is 0 Å². The van der Waals surface area contributed by atoms with E-state index in [1.807, 2.05) is 0 Å². The van der Waals surface area contributed by atoms with E-state index in [1.165, 1.54) is 0 Å². The lowest BCUT2D eigenvalue weighted by Gasteiger charge is -2.32. The maximum absolute atomic E-state index is 5.29. The van der Waals surface area contributed by atoms with Crippen LogP contribution in [0.5, 0.6) is 0 Å². The van der Waals surface area contributed by atoms with Gasteiger partial charge in [-0.15, -0.1) is 0 Å². The molecule has 0 unspecified atom stereocenters. The van der Waals surface area contributed by atoms with E-state index in [-0.39, 0.29) is 13.0 Å². The molecule has 1 aromatic heterocycles. The average Bonchev–Trinajstić information content (AvgIpc) is 2.68. The molecule has 1 aromatic rings. The Balaban J connectivity index is 3.56. The summed E-state index contributed by atoms with van der Waals surface area (Å²) < 4.78 is 0.816. The number of unbranched alkanes of at least 4 members (excludes halogenated alkanes) is 3. The van der Waals surface area contributed by atoms with Crippen LogP contribution in [-0.2, 0) is 37.9 Å². The van der Waals surface area contributed by atoms with Gasteiger partial charge in [-0.05, 0) is 19.3 Å². The van der Waals surface area contributed by atoms with Gasteiger partial charge in [0.15, 0.2) is 0 Å². The number of nitrogens with zero attached hydrogens (tertiary/aromatic N) is 6. The van der Waals surface area contributed by atoms with Crippen LogP contribution < -0.4 is 14.7 Å². The molecular weight excluding hydrogens is 493 g/mol. The molecule has 0 N–H and O–H groups in total. The molecule has 0 aromatic carbocycles. The van der Waals surface area contributed by atoms with Gasteiger partial charge >= 0.3 is 0 Å². The summed E-state index contributed by atoms with van der Waals surface area (Å²) in [6.07, 6.45) is 5.63. The summed E-state index contributed by atoms with van der Waals surface area (Å²) in [7, 11) is 0. The highest BCUT2D eigenvalue weighted by atomic mass is 32.1. The Labute approximate surface area is 212 Å². The maximum Gasteiger partial charge on any atom is 0.235 e. The van der Waals surface area contributed by atoms with Crippen LogP contribution >= 0.6 is 36.7 Å². The molecule has 0 saturated heterocycles. The third-order valence-corrected chi connectivity index (χ3v) is 5.51. The van der Waals surface area contributed by atoms with Gasteiger partial charge in [-0.2, -0.15) is 15.0 Å². The Morgan fingerprint density at radius 1 is 0.600 bits per heavy atom. The normalized spacial score (nSPS) is 10.5. The highest BCUT2D eigenvalue weighted by Crippen LogP contribution is 2.22. The SMILES string of the molecule is CCCCN(C(=S)[S-])c1nc(N(CCCC)C(=S)[S-])nc(N(CCCC)C(=S)[S-])n1. The molecule has 0 spiro atoms. The van der Waals surface area contributed by atoms with E-state index in [9.17, 15) is 0 Å². The summed E-state index contributed by atoms with van der Waals surface area (Å²) in [6.45, 7) is 8.13. The standard InChI is InChI=1S/C18H30N6S6/c1-4-7-10-22(16(25)26)13-19-14(23(17(27)28)11-8-5-2)21-15(20-13)24(18(29)30)12-9-6-3/h4-12H2,1-3H3,(H,25,26)(H,27,28)(H,29,30)/p-3. The topological polar surface area (TPSA) is 48.4 Å². The highest BCUT2D eigenvalue weighted by molar-refractivity contribution is 8.01. The molecule has 0 bridgehead atoms.